The van der Waals surface area contributed by atoms with Crippen LogP contribution in [0.4, 0.5) is 5.82 Å². The Morgan fingerprint density at radius 2 is 2.46 bits per heavy atom. The van der Waals surface area contributed by atoms with Gasteiger partial charge in [-0.1, -0.05) is 6.92 Å². The van der Waals surface area contributed by atoms with Gasteiger partial charge in [-0.25, -0.2) is 9.97 Å². The van der Waals surface area contributed by atoms with E-state index in [0.29, 0.717) is 5.82 Å². The molecule has 1 heterocycles. The predicted octanol–water partition coefficient (Wildman–Crippen LogP) is 1.31. The molecule has 0 unspecified atom stereocenters. The van der Waals surface area contributed by atoms with Crippen molar-refractivity contribution in [1.29, 1.82) is 0 Å². The minimum Gasteiger partial charge on any atom is -0.394 e. The number of aromatic nitrogens is 2. The Kier molecular flexibility index (Phi) is 3.92. The summed E-state index contributed by atoms with van der Waals surface area (Å²) < 4.78 is 0. The third-order valence-electron chi connectivity index (χ3n) is 1.69. The van der Waals surface area contributed by atoms with E-state index in [1.54, 1.807) is 12.3 Å². The van der Waals surface area contributed by atoms with Crippen molar-refractivity contribution >= 4 is 17.4 Å². The van der Waals surface area contributed by atoms with E-state index in [0.717, 1.165) is 6.42 Å². The van der Waals surface area contributed by atoms with E-state index in [2.05, 4.69) is 15.3 Å². The van der Waals surface area contributed by atoms with Crippen LogP contribution in [0.5, 0.6) is 0 Å². The second-order valence-corrected chi connectivity index (χ2v) is 2.98. The summed E-state index contributed by atoms with van der Waals surface area (Å²) in [5, 5.41) is 12.2. The highest BCUT2D eigenvalue weighted by Gasteiger charge is 2.04. The van der Waals surface area contributed by atoms with Gasteiger partial charge in [0.1, 0.15) is 5.82 Å². The van der Waals surface area contributed by atoms with Crippen LogP contribution in [-0.2, 0) is 0 Å². The van der Waals surface area contributed by atoms with Crippen LogP contribution in [-0.4, -0.2) is 27.7 Å². The molecule has 5 heteroatoms. The zero-order valence-corrected chi connectivity index (χ0v) is 8.12. The summed E-state index contributed by atoms with van der Waals surface area (Å²) in [5.41, 5.74) is 0. The monoisotopic (exact) mass is 201 g/mol. The lowest BCUT2D eigenvalue weighted by Crippen LogP contribution is -2.23. The smallest absolute Gasteiger partial charge is 0.224 e. The van der Waals surface area contributed by atoms with Crippen LogP contribution in [0.2, 0.25) is 5.28 Å². The lowest BCUT2D eigenvalue weighted by molar-refractivity contribution is 0.271. The van der Waals surface area contributed by atoms with E-state index in [1.165, 1.54) is 0 Å². The molecule has 0 fully saturated rings. The number of nitrogens with one attached hydrogen (secondary N) is 1. The second kappa shape index (κ2) is 4.99. The molecule has 0 aliphatic carbocycles. The SMILES string of the molecule is CC[C@H](CO)Nc1ccnc(Cl)n1. The van der Waals surface area contributed by atoms with Crippen molar-refractivity contribution in [2.45, 2.75) is 19.4 Å². The van der Waals surface area contributed by atoms with Crippen LogP contribution in [0.1, 0.15) is 13.3 Å². The summed E-state index contributed by atoms with van der Waals surface area (Å²) in [4.78, 5) is 7.69. The highest BCUT2D eigenvalue weighted by molar-refractivity contribution is 6.28. The van der Waals surface area contributed by atoms with Gasteiger partial charge < -0.3 is 10.4 Å². The highest BCUT2D eigenvalue weighted by atomic mass is 35.5. The van der Waals surface area contributed by atoms with Crippen LogP contribution in [0.3, 0.4) is 0 Å². The fraction of sp³-hybridized carbons (Fsp3) is 0.500. The zero-order chi connectivity index (χ0) is 9.68. The molecule has 0 aliphatic heterocycles. The molecule has 2 N–H and O–H groups in total. The number of halogens is 1. The van der Waals surface area contributed by atoms with E-state index < -0.39 is 0 Å². The average molecular weight is 202 g/mol. The van der Waals surface area contributed by atoms with Crippen molar-refractivity contribution in [1.82, 2.24) is 9.97 Å². The molecular formula is C8H12ClN3O. The Hall–Kier alpha value is -0.870. The fourth-order valence-electron chi connectivity index (χ4n) is 0.901. The number of aliphatic hydroxyl groups excluding tert-OH is 1. The molecule has 0 spiro atoms. The van der Waals surface area contributed by atoms with E-state index >= 15 is 0 Å². The van der Waals surface area contributed by atoms with Crippen molar-refractivity contribution in [3.8, 4) is 0 Å². The molecule has 0 saturated carbocycles. The van der Waals surface area contributed by atoms with Gasteiger partial charge >= 0.3 is 0 Å². The summed E-state index contributed by atoms with van der Waals surface area (Å²) in [6.07, 6.45) is 2.40. The third kappa shape index (κ3) is 3.16. The van der Waals surface area contributed by atoms with Gasteiger partial charge in [-0.2, -0.15) is 0 Å². The summed E-state index contributed by atoms with van der Waals surface area (Å²) >= 11 is 5.59. The fourth-order valence-corrected chi connectivity index (χ4v) is 1.05. The molecule has 1 atom stereocenters. The first kappa shape index (κ1) is 10.2. The number of nitrogens with zero attached hydrogens (tertiary/aromatic N) is 2. The molecule has 0 aromatic carbocycles. The molecule has 1 rings (SSSR count). The number of aliphatic hydroxyl groups is 1. The Bertz CT molecular complexity index is 265. The Balaban J connectivity index is 2.62. The van der Waals surface area contributed by atoms with Gasteiger partial charge in [0.15, 0.2) is 0 Å². The lowest BCUT2D eigenvalue weighted by atomic mass is 10.2. The molecule has 72 valence electrons. The topological polar surface area (TPSA) is 58.0 Å². The number of hydrogen-bond acceptors (Lipinski definition) is 4. The summed E-state index contributed by atoms with van der Waals surface area (Å²) in [6.45, 7) is 2.06. The van der Waals surface area contributed by atoms with E-state index in [4.69, 9.17) is 16.7 Å². The molecule has 0 aliphatic rings. The molecular weight excluding hydrogens is 190 g/mol. The van der Waals surface area contributed by atoms with Gasteiger partial charge in [0.2, 0.25) is 5.28 Å². The van der Waals surface area contributed by atoms with E-state index in [1.807, 2.05) is 6.92 Å². The third-order valence-corrected chi connectivity index (χ3v) is 1.87. The molecule has 4 nitrogen and oxygen atoms in total. The molecule has 0 radical (unpaired) electrons. The first-order chi connectivity index (χ1) is 6.26. The quantitative estimate of drug-likeness (QED) is 0.722. The normalized spacial score (nSPS) is 12.5. The molecule has 1 aromatic rings. The van der Waals surface area contributed by atoms with Crippen molar-refractivity contribution in [2.24, 2.45) is 0 Å². The Morgan fingerprint density at radius 1 is 1.69 bits per heavy atom. The van der Waals surface area contributed by atoms with Gasteiger partial charge in [0.25, 0.3) is 0 Å². The van der Waals surface area contributed by atoms with Gasteiger partial charge in [0, 0.05) is 6.20 Å². The van der Waals surface area contributed by atoms with Crippen LogP contribution in [0.15, 0.2) is 12.3 Å². The average Bonchev–Trinajstić information content (AvgIpc) is 2.14. The summed E-state index contributed by atoms with van der Waals surface area (Å²) in [5.74, 6) is 0.640. The largest absolute Gasteiger partial charge is 0.394 e. The van der Waals surface area contributed by atoms with Gasteiger partial charge in [-0.3, -0.25) is 0 Å². The lowest BCUT2D eigenvalue weighted by Gasteiger charge is -2.13. The molecule has 1 aromatic heterocycles. The number of hydrogen-bond donors (Lipinski definition) is 2. The van der Waals surface area contributed by atoms with Crippen LogP contribution < -0.4 is 5.32 Å². The van der Waals surface area contributed by atoms with Gasteiger partial charge in [-0.15, -0.1) is 0 Å². The van der Waals surface area contributed by atoms with Crippen LogP contribution in [0, 0.1) is 0 Å². The first-order valence-electron chi connectivity index (χ1n) is 4.12. The van der Waals surface area contributed by atoms with Crippen molar-refractivity contribution < 1.29 is 5.11 Å². The Labute approximate surface area is 82.0 Å². The molecule has 0 saturated heterocycles. The van der Waals surface area contributed by atoms with Crippen molar-refractivity contribution in [3.63, 3.8) is 0 Å². The number of anilines is 1. The maximum absolute atomic E-state index is 8.92. The second-order valence-electron chi connectivity index (χ2n) is 2.64. The standard InChI is InChI=1S/C8H12ClN3O/c1-2-6(5-13)11-7-3-4-10-8(9)12-7/h3-4,6,13H,2,5H2,1H3,(H,10,11,12)/t6-/m1/s1. The molecule has 0 bridgehead atoms. The van der Waals surface area contributed by atoms with Gasteiger partial charge in [-0.05, 0) is 24.1 Å². The first-order valence-corrected chi connectivity index (χ1v) is 4.50. The van der Waals surface area contributed by atoms with E-state index in [-0.39, 0.29) is 17.9 Å². The van der Waals surface area contributed by atoms with Gasteiger partial charge in [0.05, 0.1) is 12.6 Å². The van der Waals surface area contributed by atoms with Crippen LogP contribution >= 0.6 is 11.6 Å². The summed E-state index contributed by atoms with van der Waals surface area (Å²) in [6, 6.07) is 1.73. The summed E-state index contributed by atoms with van der Waals surface area (Å²) in [7, 11) is 0. The maximum Gasteiger partial charge on any atom is 0.224 e. The van der Waals surface area contributed by atoms with Crippen LogP contribution in [0.25, 0.3) is 0 Å². The number of rotatable bonds is 4. The molecule has 0 amide bonds. The predicted molar refractivity (Wildman–Crippen MR) is 51.8 cm³/mol. The minimum absolute atomic E-state index is 0.0194. The maximum atomic E-state index is 8.92. The minimum atomic E-state index is 0.0194. The highest BCUT2D eigenvalue weighted by Crippen LogP contribution is 2.08. The molecule has 13 heavy (non-hydrogen) atoms. The Morgan fingerprint density at radius 3 is 3.00 bits per heavy atom. The van der Waals surface area contributed by atoms with E-state index in [9.17, 15) is 0 Å². The zero-order valence-electron chi connectivity index (χ0n) is 7.37. The van der Waals surface area contributed by atoms with Crippen molar-refractivity contribution in [2.75, 3.05) is 11.9 Å². The van der Waals surface area contributed by atoms with Crippen molar-refractivity contribution in [3.05, 3.63) is 17.5 Å².